The average molecular weight is 209 g/mol. The van der Waals surface area contributed by atoms with Gasteiger partial charge in [0.2, 0.25) is 0 Å². The molecule has 15 heavy (non-hydrogen) atoms. The molecular formula is C10H15N3O2. The Bertz CT molecular complexity index is 357. The quantitative estimate of drug-likeness (QED) is 0.810. The fourth-order valence-corrected chi connectivity index (χ4v) is 1.81. The molecule has 1 aliphatic rings. The van der Waals surface area contributed by atoms with Crippen molar-refractivity contribution >= 4 is 5.97 Å². The lowest BCUT2D eigenvalue weighted by molar-refractivity contribution is -0.140. The molecule has 82 valence electrons. The monoisotopic (exact) mass is 209 g/mol. The van der Waals surface area contributed by atoms with E-state index in [0.29, 0.717) is 5.92 Å². The molecule has 1 N–H and O–H groups in total. The number of aliphatic carboxylic acids is 1. The fraction of sp³-hybridized carbons (Fsp3) is 0.700. The van der Waals surface area contributed by atoms with Crippen LogP contribution in [0.1, 0.15) is 38.1 Å². The Morgan fingerprint density at radius 2 is 2.47 bits per heavy atom. The molecule has 2 rings (SSSR count). The van der Waals surface area contributed by atoms with Crippen LogP contribution in [0.25, 0.3) is 0 Å². The lowest BCUT2D eigenvalue weighted by Crippen LogP contribution is -2.21. The summed E-state index contributed by atoms with van der Waals surface area (Å²) in [4.78, 5) is 10.8. The number of carboxylic acid groups (broad SMARTS) is 1. The lowest BCUT2D eigenvalue weighted by Gasteiger charge is -2.25. The van der Waals surface area contributed by atoms with E-state index in [2.05, 4.69) is 10.2 Å². The Morgan fingerprint density at radius 1 is 1.73 bits per heavy atom. The van der Waals surface area contributed by atoms with Crippen molar-refractivity contribution < 1.29 is 9.90 Å². The van der Waals surface area contributed by atoms with Crippen LogP contribution in [0.3, 0.4) is 0 Å². The first kappa shape index (κ1) is 10.1. The third kappa shape index (κ3) is 2.00. The molecule has 1 aliphatic carbocycles. The van der Waals surface area contributed by atoms with Crippen LogP contribution in [0.2, 0.25) is 0 Å². The smallest absolute Gasteiger partial charge is 0.326 e. The van der Waals surface area contributed by atoms with E-state index in [9.17, 15) is 4.79 Å². The highest BCUT2D eigenvalue weighted by atomic mass is 16.4. The van der Waals surface area contributed by atoms with Crippen LogP contribution in [0.4, 0.5) is 0 Å². The zero-order valence-electron chi connectivity index (χ0n) is 8.76. The van der Waals surface area contributed by atoms with E-state index in [1.165, 1.54) is 25.6 Å². The highest BCUT2D eigenvalue weighted by molar-refractivity contribution is 5.71. The van der Waals surface area contributed by atoms with Crippen molar-refractivity contribution in [3.8, 4) is 0 Å². The summed E-state index contributed by atoms with van der Waals surface area (Å²) in [5.41, 5.74) is 0. The Labute approximate surface area is 88.1 Å². The number of carboxylic acids is 1. The van der Waals surface area contributed by atoms with Crippen LogP contribution in [0, 0.1) is 5.92 Å². The minimum Gasteiger partial charge on any atom is -0.480 e. The van der Waals surface area contributed by atoms with Crippen LogP contribution in [-0.2, 0) is 11.2 Å². The van der Waals surface area contributed by atoms with Gasteiger partial charge in [0, 0.05) is 6.42 Å². The zero-order valence-corrected chi connectivity index (χ0v) is 8.76. The molecule has 1 atom stereocenters. The van der Waals surface area contributed by atoms with E-state index in [1.54, 1.807) is 11.5 Å². The van der Waals surface area contributed by atoms with Gasteiger partial charge in [-0.15, -0.1) is 10.2 Å². The second-order valence-electron chi connectivity index (χ2n) is 4.17. The Hall–Kier alpha value is -1.39. The van der Waals surface area contributed by atoms with Gasteiger partial charge in [0.25, 0.3) is 0 Å². The second-order valence-corrected chi connectivity index (χ2v) is 4.17. The molecule has 1 aromatic heterocycles. The minimum atomic E-state index is -0.843. The summed E-state index contributed by atoms with van der Waals surface area (Å²) in [6.07, 6.45) is 6.11. The van der Waals surface area contributed by atoms with Crippen LogP contribution in [-0.4, -0.2) is 25.8 Å². The largest absolute Gasteiger partial charge is 0.480 e. The number of aromatic nitrogens is 3. The van der Waals surface area contributed by atoms with Crippen molar-refractivity contribution in [3.05, 3.63) is 12.2 Å². The predicted molar refractivity (Wildman–Crippen MR) is 53.4 cm³/mol. The van der Waals surface area contributed by atoms with Gasteiger partial charge in [-0.05, 0) is 12.8 Å². The first-order valence-electron chi connectivity index (χ1n) is 5.29. The lowest BCUT2D eigenvalue weighted by atomic mass is 9.83. The molecule has 0 saturated heterocycles. The molecule has 1 fully saturated rings. The van der Waals surface area contributed by atoms with E-state index in [-0.39, 0.29) is 0 Å². The highest BCUT2D eigenvalue weighted by Crippen LogP contribution is 2.29. The topological polar surface area (TPSA) is 68.0 Å². The Balaban J connectivity index is 2.10. The summed E-state index contributed by atoms with van der Waals surface area (Å²) in [6.45, 7) is 1.65. The van der Waals surface area contributed by atoms with Crippen LogP contribution in [0.15, 0.2) is 6.33 Å². The van der Waals surface area contributed by atoms with E-state index in [4.69, 9.17) is 5.11 Å². The normalized spacial score (nSPS) is 18.5. The summed E-state index contributed by atoms with van der Waals surface area (Å²) >= 11 is 0. The van der Waals surface area contributed by atoms with Crippen molar-refractivity contribution in [2.45, 2.75) is 38.6 Å². The Kier molecular flexibility index (Phi) is 2.70. The first-order chi connectivity index (χ1) is 7.18. The van der Waals surface area contributed by atoms with Gasteiger partial charge in [-0.3, -0.25) is 0 Å². The van der Waals surface area contributed by atoms with Gasteiger partial charge in [-0.1, -0.05) is 19.3 Å². The molecule has 1 heterocycles. The minimum absolute atomic E-state index is 0.574. The molecule has 1 aromatic rings. The van der Waals surface area contributed by atoms with Gasteiger partial charge in [-0.2, -0.15) is 0 Å². The van der Waals surface area contributed by atoms with Crippen molar-refractivity contribution in [3.63, 3.8) is 0 Å². The standard InChI is InChI=1S/C10H15N3O2/c1-7(10(14)15)13-6-11-12-9(13)5-8-3-2-4-8/h6-8H,2-5H2,1H3,(H,14,15). The van der Waals surface area contributed by atoms with E-state index < -0.39 is 12.0 Å². The highest BCUT2D eigenvalue weighted by Gasteiger charge is 2.23. The summed E-state index contributed by atoms with van der Waals surface area (Å²) in [6, 6.07) is -0.574. The third-order valence-corrected chi connectivity index (χ3v) is 3.12. The summed E-state index contributed by atoms with van der Waals surface area (Å²) < 4.78 is 1.65. The van der Waals surface area contributed by atoms with Gasteiger partial charge >= 0.3 is 5.97 Å². The van der Waals surface area contributed by atoms with Gasteiger partial charge in [0.1, 0.15) is 18.2 Å². The molecule has 1 saturated carbocycles. The summed E-state index contributed by atoms with van der Waals surface area (Å²) in [7, 11) is 0. The van der Waals surface area contributed by atoms with Crippen molar-refractivity contribution in [1.29, 1.82) is 0 Å². The molecule has 0 aromatic carbocycles. The molecule has 0 amide bonds. The van der Waals surface area contributed by atoms with Crippen molar-refractivity contribution in [2.75, 3.05) is 0 Å². The zero-order chi connectivity index (χ0) is 10.8. The van der Waals surface area contributed by atoms with Gasteiger partial charge < -0.3 is 9.67 Å². The molecular weight excluding hydrogens is 194 g/mol. The maximum absolute atomic E-state index is 10.8. The van der Waals surface area contributed by atoms with Gasteiger partial charge in [0.05, 0.1) is 0 Å². The maximum Gasteiger partial charge on any atom is 0.326 e. The van der Waals surface area contributed by atoms with Crippen LogP contribution < -0.4 is 0 Å². The van der Waals surface area contributed by atoms with E-state index >= 15 is 0 Å². The molecule has 0 radical (unpaired) electrons. The van der Waals surface area contributed by atoms with Crippen LogP contribution in [0.5, 0.6) is 0 Å². The molecule has 0 aliphatic heterocycles. The fourth-order valence-electron chi connectivity index (χ4n) is 1.81. The number of rotatable bonds is 4. The molecule has 1 unspecified atom stereocenters. The predicted octanol–water partition coefficient (Wildman–Crippen LogP) is 1.27. The number of hydrogen-bond acceptors (Lipinski definition) is 3. The average Bonchev–Trinajstić information content (AvgIpc) is 2.57. The van der Waals surface area contributed by atoms with Crippen molar-refractivity contribution in [1.82, 2.24) is 14.8 Å². The number of hydrogen-bond donors (Lipinski definition) is 1. The van der Waals surface area contributed by atoms with Crippen LogP contribution >= 0.6 is 0 Å². The Morgan fingerprint density at radius 3 is 3.00 bits per heavy atom. The van der Waals surface area contributed by atoms with E-state index in [0.717, 1.165) is 12.2 Å². The number of carbonyl (C=O) groups is 1. The van der Waals surface area contributed by atoms with Gasteiger partial charge in [0.15, 0.2) is 0 Å². The molecule has 5 heteroatoms. The van der Waals surface area contributed by atoms with Gasteiger partial charge in [-0.25, -0.2) is 4.79 Å². The SMILES string of the molecule is CC(C(=O)O)n1cnnc1CC1CCC1. The molecule has 0 spiro atoms. The third-order valence-electron chi connectivity index (χ3n) is 3.12. The van der Waals surface area contributed by atoms with Crippen molar-refractivity contribution in [2.24, 2.45) is 5.92 Å². The number of nitrogens with zero attached hydrogens (tertiary/aromatic N) is 3. The van der Waals surface area contributed by atoms with E-state index in [1.807, 2.05) is 0 Å². The summed E-state index contributed by atoms with van der Waals surface area (Å²) in [5.74, 6) is 0.633. The first-order valence-corrected chi connectivity index (χ1v) is 5.29. The molecule has 0 bridgehead atoms. The maximum atomic E-state index is 10.8. The second kappa shape index (κ2) is 4.00. The summed E-state index contributed by atoms with van der Waals surface area (Å²) in [5, 5.41) is 16.7. The molecule has 5 nitrogen and oxygen atoms in total.